The Hall–Kier alpha value is -0.760. The highest BCUT2D eigenvalue weighted by molar-refractivity contribution is 14.1. The molecule has 6 heteroatoms. The number of fused-ring (bicyclic) bond motifs is 1. The van der Waals surface area contributed by atoms with E-state index in [2.05, 4.69) is 34.8 Å². The molecule has 0 radical (unpaired) electrons. The minimum Gasteiger partial charge on any atom is -0.324 e. The van der Waals surface area contributed by atoms with Crippen LogP contribution in [0.15, 0.2) is 24.3 Å². The third-order valence-corrected chi connectivity index (χ3v) is 6.08. The van der Waals surface area contributed by atoms with Gasteiger partial charge in [0.15, 0.2) is 0 Å². The molecule has 2 aliphatic rings. The van der Waals surface area contributed by atoms with Crippen molar-refractivity contribution < 1.29 is 9.59 Å². The van der Waals surface area contributed by atoms with Crippen molar-refractivity contribution in [3.8, 4) is 0 Å². The summed E-state index contributed by atoms with van der Waals surface area (Å²) in [6.45, 7) is 2.06. The SMILES string of the molecule is C[C@@]12CCC(=O)N1[C@H](C(=O)Nc1ccc(I)cc1)CS2. The summed E-state index contributed by atoms with van der Waals surface area (Å²) in [5.74, 6) is 0.691. The van der Waals surface area contributed by atoms with Crippen LogP contribution in [0.4, 0.5) is 5.69 Å². The molecule has 0 bridgehead atoms. The Morgan fingerprint density at radius 1 is 1.45 bits per heavy atom. The summed E-state index contributed by atoms with van der Waals surface area (Å²) in [6.07, 6.45) is 1.39. The lowest BCUT2D eigenvalue weighted by atomic mass is 10.2. The van der Waals surface area contributed by atoms with Gasteiger partial charge in [0.25, 0.3) is 0 Å². The summed E-state index contributed by atoms with van der Waals surface area (Å²) in [4.78, 5) is 26.0. The summed E-state index contributed by atoms with van der Waals surface area (Å²) < 4.78 is 1.12. The van der Waals surface area contributed by atoms with Crippen molar-refractivity contribution in [3.63, 3.8) is 0 Å². The van der Waals surface area contributed by atoms with Crippen LogP contribution in [0.3, 0.4) is 0 Å². The summed E-state index contributed by atoms with van der Waals surface area (Å²) in [7, 11) is 0. The zero-order valence-corrected chi connectivity index (χ0v) is 14.0. The molecule has 0 spiro atoms. The molecular weight excluding hydrogens is 387 g/mol. The van der Waals surface area contributed by atoms with E-state index in [1.165, 1.54) is 0 Å². The third-order valence-electron chi connectivity index (χ3n) is 3.86. The molecule has 0 aliphatic carbocycles. The molecule has 1 N–H and O–H groups in total. The van der Waals surface area contributed by atoms with Crippen LogP contribution >= 0.6 is 34.4 Å². The van der Waals surface area contributed by atoms with Crippen LogP contribution in [0.2, 0.25) is 0 Å². The lowest BCUT2D eigenvalue weighted by Gasteiger charge is -2.29. The van der Waals surface area contributed by atoms with Gasteiger partial charge < -0.3 is 10.2 Å². The highest BCUT2D eigenvalue weighted by Gasteiger charge is 2.52. The second kappa shape index (κ2) is 5.22. The molecule has 20 heavy (non-hydrogen) atoms. The largest absolute Gasteiger partial charge is 0.324 e. The first-order chi connectivity index (χ1) is 9.49. The van der Waals surface area contributed by atoms with Gasteiger partial charge in [-0.15, -0.1) is 11.8 Å². The molecular formula is C14H15IN2O2S. The van der Waals surface area contributed by atoms with Crippen molar-refractivity contribution in [2.45, 2.75) is 30.7 Å². The number of thioether (sulfide) groups is 1. The van der Waals surface area contributed by atoms with Crippen molar-refractivity contribution in [2.75, 3.05) is 11.1 Å². The molecule has 1 aromatic carbocycles. The molecule has 2 atom stereocenters. The van der Waals surface area contributed by atoms with E-state index in [-0.39, 0.29) is 22.7 Å². The minimum atomic E-state index is -0.348. The first kappa shape index (κ1) is 14.2. The van der Waals surface area contributed by atoms with E-state index < -0.39 is 0 Å². The minimum absolute atomic E-state index is 0.0855. The zero-order valence-electron chi connectivity index (χ0n) is 11.1. The van der Waals surface area contributed by atoms with Crippen molar-refractivity contribution in [3.05, 3.63) is 27.8 Å². The van der Waals surface area contributed by atoms with E-state index in [0.717, 1.165) is 15.7 Å². The molecule has 0 aromatic heterocycles. The smallest absolute Gasteiger partial charge is 0.248 e. The fraction of sp³-hybridized carbons (Fsp3) is 0.429. The summed E-state index contributed by atoms with van der Waals surface area (Å²) in [6, 6.07) is 7.31. The van der Waals surface area contributed by atoms with Gasteiger partial charge in [0.05, 0.1) is 4.87 Å². The van der Waals surface area contributed by atoms with Crippen molar-refractivity contribution in [1.29, 1.82) is 0 Å². The van der Waals surface area contributed by atoms with Gasteiger partial charge in [-0.2, -0.15) is 0 Å². The predicted octanol–water partition coefficient (Wildman–Crippen LogP) is 2.68. The average Bonchev–Trinajstić information content (AvgIpc) is 2.90. The average molecular weight is 402 g/mol. The van der Waals surface area contributed by atoms with Gasteiger partial charge in [-0.05, 0) is 60.2 Å². The number of hydrogen-bond donors (Lipinski definition) is 1. The molecule has 1 aromatic rings. The lowest BCUT2D eigenvalue weighted by Crippen LogP contribution is -2.48. The first-order valence-electron chi connectivity index (χ1n) is 6.52. The molecule has 106 valence electrons. The highest BCUT2D eigenvalue weighted by atomic mass is 127. The number of carbonyl (C=O) groups is 2. The van der Waals surface area contributed by atoms with E-state index >= 15 is 0 Å². The van der Waals surface area contributed by atoms with Gasteiger partial charge in [-0.25, -0.2) is 0 Å². The summed E-state index contributed by atoms with van der Waals surface area (Å²) in [5.41, 5.74) is 0.778. The summed E-state index contributed by atoms with van der Waals surface area (Å²) >= 11 is 3.94. The van der Waals surface area contributed by atoms with Gasteiger partial charge in [0, 0.05) is 21.4 Å². The number of hydrogen-bond acceptors (Lipinski definition) is 3. The highest BCUT2D eigenvalue weighted by Crippen LogP contribution is 2.47. The number of nitrogens with zero attached hydrogens (tertiary/aromatic N) is 1. The molecule has 2 saturated heterocycles. The lowest BCUT2D eigenvalue weighted by molar-refractivity contribution is -0.135. The van der Waals surface area contributed by atoms with Gasteiger partial charge >= 0.3 is 0 Å². The number of nitrogens with one attached hydrogen (secondary N) is 1. The van der Waals surface area contributed by atoms with Crippen LogP contribution in [-0.4, -0.2) is 33.4 Å². The molecule has 0 saturated carbocycles. The van der Waals surface area contributed by atoms with Crippen LogP contribution in [-0.2, 0) is 9.59 Å². The predicted molar refractivity (Wildman–Crippen MR) is 88.5 cm³/mol. The Morgan fingerprint density at radius 2 is 2.15 bits per heavy atom. The summed E-state index contributed by atoms with van der Waals surface area (Å²) in [5, 5.41) is 2.91. The first-order valence-corrected chi connectivity index (χ1v) is 8.59. The normalized spacial score (nSPS) is 28.6. The van der Waals surface area contributed by atoms with Crippen molar-refractivity contribution >= 4 is 51.9 Å². The Kier molecular flexibility index (Phi) is 3.70. The van der Waals surface area contributed by atoms with Crippen LogP contribution < -0.4 is 5.32 Å². The fourth-order valence-electron chi connectivity index (χ4n) is 2.77. The van der Waals surface area contributed by atoms with Crippen LogP contribution in [0, 0.1) is 3.57 Å². The second-order valence-electron chi connectivity index (χ2n) is 5.26. The number of rotatable bonds is 2. The molecule has 2 aliphatic heterocycles. The number of amides is 2. The monoisotopic (exact) mass is 402 g/mol. The Bertz CT molecular complexity index is 563. The molecule has 2 fully saturated rings. The van der Waals surface area contributed by atoms with E-state index in [0.29, 0.717) is 12.2 Å². The molecule has 4 nitrogen and oxygen atoms in total. The van der Waals surface area contributed by atoms with Crippen molar-refractivity contribution in [2.24, 2.45) is 0 Å². The quantitative estimate of drug-likeness (QED) is 0.775. The Morgan fingerprint density at radius 3 is 2.85 bits per heavy atom. The van der Waals surface area contributed by atoms with Gasteiger partial charge in [-0.3, -0.25) is 9.59 Å². The molecule has 2 amide bonds. The van der Waals surface area contributed by atoms with E-state index in [4.69, 9.17) is 0 Å². The molecule has 0 unspecified atom stereocenters. The van der Waals surface area contributed by atoms with Gasteiger partial charge in [0.1, 0.15) is 6.04 Å². The van der Waals surface area contributed by atoms with Crippen LogP contribution in [0.5, 0.6) is 0 Å². The zero-order chi connectivity index (χ0) is 14.3. The maximum absolute atomic E-state index is 12.4. The van der Waals surface area contributed by atoms with Gasteiger partial charge in [0.2, 0.25) is 11.8 Å². The topological polar surface area (TPSA) is 49.4 Å². The van der Waals surface area contributed by atoms with Gasteiger partial charge in [-0.1, -0.05) is 0 Å². The molecule has 2 heterocycles. The van der Waals surface area contributed by atoms with Crippen LogP contribution in [0.25, 0.3) is 0 Å². The van der Waals surface area contributed by atoms with E-state index in [1.807, 2.05) is 24.3 Å². The van der Waals surface area contributed by atoms with Crippen LogP contribution in [0.1, 0.15) is 19.8 Å². The maximum Gasteiger partial charge on any atom is 0.248 e. The Balaban J connectivity index is 1.75. The molecule has 3 rings (SSSR count). The van der Waals surface area contributed by atoms with E-state index in [1.54, 1.807) is 16.7 Å². The van der Waals surface area contributed by atoms with E-state index in [9.17, 15) is 9.59 Å². The number of anilines is 1. The second-order valence-corrected chi connectivity index (χ2v) is 8.01. The fourth-order valence-corrected chi connectivity index (χ4v) is 4.56. The number of benzene rings is 1. The van der Waals surface area contributed by atoms with Crippen molar-refractivity contribution in [1.82, 2.24) is 4.90 Å². The Labute approximate surface area is 135 Å². The standard InChI is InChI=1S/C14H15IN2O2S/c1-14-7-6-12(18)17(14)11(8-20-14)13(19)16-10-4-2-9(15)3-5-10/h2-5,11H,6-8H2,1H3,(H,16,19)/t11-,14+/m0/s1. The number of halogens is 1. The maximum atomic E-state index is 12.4. The third kappa shape index (κ3) is 2.43. The number of carbonyl (C=O) groups excluding carboxylic acids is 2.